The Balaban J connectivity index is 2.30. The van der Waals surface area contributed by atoms with Crippen LogP contribution in [-0.2, 0) is 14.4 Å². The van der Waals surface area contributed by atoms with E-state index in [0.717, 1.165) is 5.75 Å². The van der Waals surface area contributed by atoms with Crippen LogP contribution in [0.3, 0.4) is 0 Å². The lowest BCUT2D eigenvalue weighted by atomic mass is 9.83. The summed E-state index contributed by atoms with van der Waals surface area (Å²) in [5, 5.41) is 2.97. The van der Waals surface area contributed by atoms with Crippen LogP contribution in [0.5, 0.6) is 0 Å². The van der Waals surface area contributed by atoms with E-state index in [1.165, 1.54) is 0 Å². The Bertz CT molecular complexity index is 315. The van der Waals surface area contributed by atoms with E-state index >= 15 is 0 Å². The Morgan fingerprint density at radius 2 is 2.26 bits per heavy atom. The molecule has 0 radical (unpaired) electrons. The highest BCUT2D eigenvalue weighted by Crippen LogP contribution is 2.47. The summed E-state index contributed by atoms with van der Waals surface area (Å²) in [5.41, 5.74) is -0.451. The maximum Gasteiger partial charge on any atom is 0.220 e. The number of nitrogens with one attached hydrogen (secondary N) is 1. The first-order chi connectivity index (χ1) is 8.85. The number of carbonyl (C=O) groups excluding carboxylic acids is 1. The molecule has 1 rings (SSSR count). The number of rotatable bonds is 9. The van der Waals surface area contributed by atoms with Crippen molar-refractivity contribution >= 4 is 27.5 Å². The fraction of sp³-hybridized carbons (Fsp3) is 0.917. The SMILES string of the molecule is CSSCCC(=O)NCC(C)(C)C1OC1(C)CON. The molecule has 1 aliphatic rings. The van der Waals surface area contributed by atoms with Gasteiger partial charge in [0.05, 0.1) is 12.7 Å². The van der Waals surface area contributed by atoms with Gasteiger partial charge in [0.15, 0.2) is 0 Å². The van der Waals surface area contributed by atoms with Crippen LogP contribution in [0.15, 0.2) is 0 Å². The molecule has 0 aliphatic carbocycles. The lowest BCUT2D eigenvalue weighted by molar-refractivity contribution is -0.121. The van der Waals surface area contributed by atoms with E-state index in [9.17, 15) is 4.79 Å². The summed E-state index contributed by atoms with van der Waals surface area (Å²) in [4.78, 5) is 16.3. The molecule has 0 bridgehead atoms. The summed E-state index contributed by atoms with van der Waals surface area (Å²) < 4.78 is 5.68. The molecule has 7 heteroatoms. The fourth-order valence-corrected chi connectivity index (χ4v) is 3.41. The highest BCUT2D eigenvalue weighted by atomic mass is 33.1. The molecule has 0 spiro atoms. The average Bonchev–Trinajstić information content (AvgIpc) is 3.01. The first-order valence-corrected chi connectivity index (χ1v) is 9.00. The monoisotopic (exact) mass is 308 g/mol. The topological polar surface area (TPSA) is 76.9 Å². The predicted molar refractivity (Wildman–Crippen MR) is 80.8 cm³/mol. The highest BCUT2D eigenvalue weighted by molar-refractivity contribution is 8.76. The van der Waals surface area contributed by atoms with Crippen LogP contribution in [0.1, 0.15) is 27.2 Å². The molecule has 1 aliphatic heterocycles. The highest BCUT2D eigenvalue weighted by Gasteiger charge is 2.59. The van der Waals surface area contributed by atoms with Crippen molar-refractivity contribution in [1.82, 2.24) is 5.32 Å². The van der Waals surface area contributed by atoms with E-state index < -0.39 is 0 Å². The molecule has 1 amide bonds. The standard InChI is InChI=1S/C12H24N2O3S2/c1-11(2,10-12(3,17-10)8-16-13)7-14-9(15)5-6-19-18-4/h10H,5-8,13H2,1-4H3,(H,14,15). The Labute approximate surface area is 123 Å². The third-order valence-electron chi connectivity index (χ3n) is 3.24. The van der Waals surface area contributed by atoms with Crippen LogP contribution in [-0.4, -0.2) is 42.8 Å². The second-order valence-corrected chi connectivity index (χ2v) is 8.31. The van der Waals surface area contributed by atoms with Crippen molar-refractivity contribution in [1.29, 1.82) is 0 Å². The van der Waals surface area contributed by atoms with Crippen molar-refractivity contribution in [2.45, 2.75) is 38.9 Å². The summed E-state index contributed by atoms with van der Waals surface area (Å²) in [6, 6.07) is 0. The van der Waals surface area contributed by atoms with Gasteiger partial charge in [-0.1, -0.05) is 35.4 Å². The number of ether oxygens (including phenoxy) is 1. The first-order valence-electron chi connectivity index (χ1n) is 6.27. The third-order valence-corrected chi connectivity index (χ3v) is 5.05. The molecule has 1 heterocycles. The number of epoxide rings is 1. The van der Waals surface area contributed by atoms with Crippen molar-refractivity contribution in [3.8, 4) is 0 Å². The molecular weight excluding hydrogens is 284 g/mol. The molecule has 112 valence electrons. The number of carbonyl (C=O) groups is 1. The second-order valence-electron chi connectivity index (χ2n) is 5.63. The van der Waals surface area contributed by atoms with Gasteiger partial charge in [-0.15, -0.1) is 0 Å². The van der Waals surface area contributed by atoms with Gasteiger partial charge in [-0.3, -0.25) is 4.79 Å². The van der Waals surface area contributed by atoms with Gasteiger partial charge in [0.25, 0.3) is 0 Å². The summed E-state index contributed by atoms with van der Waals surface area (Å²) in [6.07, 6.45) is 2.62. The van der Waals surface area contributed by atoms with Crippen LogP contribution >= 0.6 is 21.6 Å². The van der Waals surface area contributed by atoms with Crippen molar-refractivity contribution in [3.63, 3.8) is 0 Å². The Kier molecular flexibility index (Phi) is 6.46. The van der Waals surface area contributed by atoms with Gasteiger partial charge in [0.2, 0.25) is 5.91 Å². The molecule has 3 N–H and O–H groups in total. The second kappa shape index (κ2) is 7.17. The molecule has 0 aromatic rings. The first kappa shape index (κ1) is 17.1. The summed E-state index contributed by atoms with van der Waals surface area (Å²) >= 11 is 0. The zero-order valence-electron chi connectivity index (χ0n) is 12.0. The number of amides is 1. The molecule has 5 nitrogen and oxygen atoms in total. The van der Waals surface area contributed by atoms with Crippen LogP contribution in [0.4, 0.5) is 0 Å². The lowest BCUT2D eigenvalue weighted by Crippen LogP contribution is -2.40. The van der Waals surface area contributed by atoms with Crippen molar-refractivity contribution < 1.29 is 14.4 Å². The quantitative estimate of drug-likeness (QED) is 0.291. The minimum absolute atomic E-state index is 0.0597. The maximum absolute atomic E-state index is 11.7. The average molecular weight is 308 g/mol. The molecule has 2 unspecified atom stereocenters. The predicted octanol–water partition coefficient (Wildman–Crippen LogP) is 1.58. The number of hydrogen-bond donors (Lipinski definition) is 2. The summed E-state index contributed by atoms with van der Waals surface area (Å²) in [7, 11) is 3.37. The van der Waals surface area contributed by atoms with Gasteiger partial charge < -0.3 is 14.9 Å². The molecule has 1 fully saturated rings. The van der Waals surface area contributed by atoms with Gasteiger partial charge >= 0.3 is 0 Å². The van der Waals surface area contributed by atoms with Gasteiger partial charge in [-0.2, -0.15) is 0 Å². The van der Waals surface area contributed by atoms with Crippen LogP contribution in [0.25, 0.3) is 0 Å². The maximum atomic E-state index is 11.7. The van der Waals surface area contributed by atoms with E-state index in [0.29, 0.717) is 19.6 Å². The van der Waals surface area contributed by atoms with Gasteiger partial charge in [-0.25, -0.2) is 5.90 Å². The Morgan fingerprint density at radius 3 is 2.84 bits per heavy atom. The zero-order valence-corrected chi connectivity index (χ0v) is 13.7. The van der Waals surface area contributed by atoms with E-state index in [1.807, 2.05) is 13.2 Å². The number of nitrogens with two attached hydrogens (primary N) is 1. The van der Waals surface area contributed by atoms with Crippen LogP contribution < -0.4 is 11.2 Å². The molecular formula is C12H24N2O3S2. The van der Waals surface area contributed by atoms with Crippen molar-refractivity contribution in [2.75, 3.05) is 25.2 Å². The molecule has 19 heavy (non-hydrogen) atoms. The van der Waals surface area contributed by atoms with E-state index in [1.54, 1.807) is 21.6 Å². The number of hydrogen-bond acceptors (Lipinski definition) is 6. The molecule has 0 aromatic carbocycles. The smallest absolute Gasteiger partial charge is 0.220 e. The molecule has 0 aromatic heterocycles. The van der Waals surface area contributed by atoms with Crippen molar-refractivity contribution in [2.24, 2.45) is 11.3 Å². The third kappa shape index (κ3) is 5.15. The minimum Gasteiger partial charge on any atom is -0.363 e. The summed E-state index contributed by atoms with van der Waals surface area (Å²) in [5.74, 6) is 6.03. The molecule has 0 saturated carbocycles. The molecule has 2 atom stereocenters. The fourth-order valence-electron chi connectivity index (χ4n) is 2.22. The summed E-state index contributed by atoms with van der Waals surface area (Å²) in [6.45, 7) is 7.11. The van der Waals surface area contributed by atoms with E-state index in [2.05, 4.69) is 24.0 Å². The Hall–Kier alpha value is 0.0500. The largest absolute Gasteiger partial charge is 0.363 e. The van der Waals surface area contributed by atoms with Crippen LogP contribution in [0, 0.1) is 5.41 Å². The Morgan fingerprint density at radius 1 is 1.58 bits per heavy atom. The zero-order chi connectivity index (χ0) is 14.5. The lowest BCUT2D eigenvalue weighted by Gasteiger charge is -2.24. The minimum atomic E-state index is -0.322. The van der Waals surface area contributed by atoms with Gasteiger partial charge in [0.1, 0.15) is 5.60 Å². The van der Waals surface area contributed by atoms with E-state index in [-0.39, 0.29) is 23.0 Å². The van der Waals surface area contributed by atoms with Crippen molar-refractivity contribution in [3.05, 3.63) is 0 Å². The normalized spacial score (nSPS) is 26.3. The van der Waals surface area contributed by atoms with Gasteiger partial charge in [-0.05, 0) is 13.2 Å². The van der Waals surface area contributed by atoms with E-state index in [4.69, 9.17) is 10.6 Å². The van der Waals surface area contributed by atoms with Crippen LogP contribution in [0.2, 0.25) is 0 Å². The van der Waals surface area contributed by atoms with Gasteiger partial charge in [0, 0.05) is 24.1 Å². The molecule has 1 saturated heterocycles.